The monoisotopic (exact) mass is 450 g/mol. The molecule has 0 saturated heterocycles. The minimum atomic E-state index is -0.271. The first-order valence-electron chi connectivity index (χ1n) is 11.8. The van der Waals surface area contributed by atoms with Gasteiger partial charge in [-0.25, -0.2) is 0 Å². The quantitative estimate of drug-likeness (QED) is 0.189. The van der Waals surface area contributed by atoms with Crippen LogP contribution in [0.2, 0.25) is 0 Å². The maximum absolute atomic E-state index is 12.4. The molecule has 0 spiro atoms. The van der Waals surface area contributed by atoms with E-state index >= 15 is 0 Å². The van der Waals surface area contributed by atoms with Crippen LogP contribution in [0.1, 0.15) is 90.4 Å². The number of rotatable bonds is 13. The molecule has 0 aromatic carbocycles. The van der Waals surface area contributed by atoms with Gasteiger partial charge in [0.2, 0.25) is 0 Å². The Morgan fingerprint density at radius 2 is 1.45 bits per heavy atom. The van der Waals surface area contributed by atoms with Crippen LogP contribution in [0.15, 0.2) is 0 Å². The molecule has 0 aromatic heterocycles. The van der Waals surface area contributed by atoms with Gasteiger partial charge in [0.25, 0.3) is 0 Å². The normalized spacial score (nSPS) is 28.4. The summed E-state index contributed by atoms with van der Waals surface area (Å²) in [4.78, 5) is 12.4. The molecule has 0 aromatic rings. The van der Waals surface area contributed by atoms with Crippen molar-refractivity contribution in [2.24, 2.45) is 5.92 Å². The van der Waals surface area contributed by atoms with Gasteiger partial charge >= 0.3 is 5.97 Å². The Bertz CT molecular complexity index is 431. The van der Waals surface area contributed by atoms with Crippen LogP contribution >= 0.6 is 23.2 Å². The van der Waals surface area contributed by atoms with E-state index in [2.05, 4.69) is 6.92 Å². The number of unbranched alkanes of at least 4 members (excludes halogenated alkanes) is 5. The van der Waals surface area contributed by atoms with E-state index in [0.29, 0.717) is 38.8 Å². The van der Waals surface area contributed by atoms with Gasteiger partial charge in [0, 0.05) is 0 Å². The van der Waals surface area contributed by atoms with Gasteiger partial charge in [-0.15, -0.1) is 23.2 Å². The summed E-state index contributed by atoms with van der Waals surface area (Å²) in [7, 11) is 0. The number of halogens is 2. The predicted octanol–water partition coefficient (Wildman–Crippen LogP) is 6.25. The molecule has 0 bridgehead atoms. The molecule has 0 aliphatic heterocycles. The van der Waals surface area contributed by atoms with Crippen LogP contribution in [0.4, 0.5) is 0 Å². The van der Waals surface area contributed by atoms with Gasteiger partial charge < -0.3 is 14.2 Å². The highest BCUT2D eigenvalue weighted by atomic mass is 35.5. The van der Waals surface area contributed by atoms with Crippen molar-refractivity contribution in [1.82, 2.24) is 0 Å². The van der Waals surface area contributed by atoms with E-state index < -0.39 is 0 Å². The molecule has 2 rings (SSSR count). The fourth-order valence-electron chi connectivity index (χ4n) is 4.34. The molecule has 2 unspecified atom stereocenters. The standard InChI is InChI=1S/C23H40Cl2O4/c1-2-3-4-5-6-10-13-29-23(26)18-16-20(24)22(21(25)17-18)28-15-14-27-19-11-8-7-9-12-19/h18-22H,2-17H2,1H3. The molecular weight excluding hydrogens is 411 g/mol. The topological polar surface area (TPSA) is 44.8 Å². The van der Waals surface area contributed by atoms with Gasteiger partial charge in [0.05, 0.1) is 48.7 Å². The van der Waals surface area contributed by atoms with E-state index in [1.54, 1.807) is 0 Å². The van der Waals surface area contributed by atoms with Gasteiger partial charge in [-0.3, -0.25) is 4.79 Å². The van der Waals surface area contributed by atoms with Crippen molar-refractivity contribution in [2.45, 2.75) is 113 Å². The van der Waals surface area contributed by atoms with Crippen LogP contribution < -0.4 is 0 Å². The predicted molar refractivity (Wildman–Crippen MR) is 119 cm³/mol. The summed E-state index contributed by atoms with van der Waals surface area (Å²) >= 11 is 13.0. The Morgan fingerprint density at radius 1 is 0.828 bits per heavy atom. The zero-order valence-corrected chi connectivity index (χ0v) is 19.6. The van der Waals surface area contributed by atoms with Crippen LogP contribution in [0.5, 0.6) is 0 Å². The van der Waals surface area contributed by atoms with Crippen molar-refractivity contribution < 1.29 is 19.0 Å². The van der Waals surface area contributed by atoms with Gasteiger partial charge in [-0.2, -0.15) is 0 Å². The summed E-state index contributed by atoms with van der Waals surface area (Å²) < 4.78 is 17.3. The van der Waals surface area contributed by atoms with Crippen molar-refractivity contribution in [3.8, 4) is 0 Å². The van der Waals surface area contributed by atoms with Gasteiger partial charge in [0.15, 0.2) is 0 Å². The fraction of sp³-hybridized carbons (Fsp3) is 0.957. The molecule has 0 N–H and O–H groups in total. The van der Waals surface area contributed by atoms with E-state index in [1.807, 2.05) is 0 Å². The van der Waals surface area contributed by atoms with Crippen LogP contribution in [-0.4, -0.2) is 48.8 Å². The molecule has 4 nitrogen and oxygen atoms in total. The van der Waals surface area contributed by atoms with Crippen molar-refractivity contribution >= 4 is 29.2 Å². The molecule has 29 heavy (non-hydrogen) atoms. The van der Waals surface area contributed by atoms with Crippen LogP contribution in [0, 0.1) is 5.92 Å². The molecular formula is C23H40Cl2O4. The van der Waals surface area contributed by atoms with E-state index in [0.717, 1.165) is 25.7 Å². The summed E-state index contributed by atoms with van der Waals surface area (Å²) in [5, 5.41) is -0.542. The molecule has 0 radical (unpaired) electrons. The van der Waals surface area contributed by atoms with E-state index in [9.17, 15) is 4.79 Å². The average Bonchev–Trinajstić information content (AvgIpc) is 2.72. The second-order valence-corrected chi connectivity index (χ2v) is 9.72. The number of carbonyl (C=O) groups excluding carboxylic acids is 1. The summed E-state index contributed by atoms with van der Waals surface area (Å²) in [5.74, 6) is -0.382. The number of hydrogen-bond donors (Lipinski definition) is 0. The molecule has 2 aliphatic carbocycles. The minimum Gasteiger partial charge on any atom is -0.465 e. The number of esters is 1. The van der Waals surface area contributed by atoms with E-state index in [4.69, 9.17) is 37.4 Å². The highest BCUT2D eigenvalue weighted by Crippen LogP contribution is 2.34. The summed E-state index contributed by atoms with van der Waals surface area (Å²) in [5.41, 5.74) is 0. The Kier molecular flexibility index (Phi) is 13.0. The first kappa shape index (κ1) is 25.2. The highest BCUT2D eigenvalue weighted by molar-refractivity contribution is 6.25. The van der Waals surface area contributed by atoms with Crippen LogP contribution in [-0.2, 0) is 19.0 Å². The van der Waals surface area contributed by atoms with Crippen molar-refractivity contribution in [1.29, 1.82) is 0 Å². The van der Waals surface area contributed by atoms with Crippen molar-refractivity contribution in [3.63, 3.8) is 0 Å². The molecule has 2 saturated carbocycles. The summed E-state index contributed by atoms with van der Waals surface area (Å²) in [6, 6.07) is 0. The molecule has 0 heterocycles. The Hall–Kier alpha value is -0.0300. The molecule has 2 fully saturated rings. The molecule has 2 atom stereocenters. The summed E-state index contributed by atoms with van der Waals surface area (Å²) in [6.07, 6.45) is 14.5. The largest absolute Gasteiger partial charge is 0.465 e. The Labute approximate surface area is 187 Å². The zero-order chi connectivity index (χ0) is 20.9. The first-order valence-corrected chi connectivity index (χ1v) is 12.7. The molecule has 6 heteroatoms. The smallest absolute Gasteiger partial charge is 0.309 e. The highest BCUT2D eigenvalue weighted by Gasteiger charge is 2.40. The zero-order valence-electron chi connectivity index (χ0n) is 18.1. The lowest BCUT2D eigenvalue weighted by atomic mass is 9.86. The third-order valence-electron chi connectivity index (χ3n) is 6.11. The third kappa shape index (κ3) is 9.76. The molecule has 0 amide bonds. The van der Waals surface area contributed by atoms with E-state index in [1.165, 1.54) is 44.9 Å². The third-order valence-corrected chi connectivity index (χ3v) is 6.96. The van der Waals surface area contributed by atoms with Gasteiger partial charge in [0.1, 0.15) is 0 Å². The second kappa shape index (κ2) is 14.9. The lowest BCUT2D eigenvalue weighted by molar-refractivity contribution is -0.150. The molecule has 170 valence electrons. The Balaban J connectivity index is 1.58. The number of carbonyl (C=O) groups is 1. The van der Waals surface area contributed by atoms with E-state index in [-0.39, 0.29) is 28.7 Å². The lowest BCUT2D eigenvalue weighted by Gasteiger charge is -2.35. The maximum Gasteiger partial charge on any atom is 0.309 e. The maximum atomic E-state index is 12.4. The minimum absolute atomic E-state index is 0.158. The SMILES string of the molecule is CCCCCCCCOC(=O)C1CC(Cl)C(OCCOC2CCCCC2)C(Cl)C1. The first-order chi connectivity index (χ1) is 14.1. The van der Waals surface area contributed by atoms with Gasteiger partial charge in [-0.1, -0.05) is 58.3 Å². The number of hydrogen-bond acceptors (Lipinski definition) is 4. The van der Waals surface area contributed by atoms with Crippen molar-refractivity contribution in [3.05, 3.63) is 0 Å². The summed E-state index contributed by atoms with van der Waals surface area (Å²) in [6.45, 7) is 3.79. The fourth-order valence-corrected chi connectivity index (χ4v) is 5.34. The molecule has 2 aliphatic rings. The second-order valence-electron chi connectivity index (χ2n) is 8.60. The lowest BCUT2D eigenvalue weighted by Crippen LogP contribution is -2.44. The van der Waals surface area contributed by atoms with Crippen molar-refractivity contribution in [2.75, 3.05) is 19.8 Å². The number of ether oxygens (including phenoxy) is 3. The van der Waals surface area contributed by atoms with Crippen LogP contribution in [0.3, 0.4) is 0 Å². The average molecular weight is 451 g/mol. The Morgan fingerprint density at radius 3 is 2.14 bits per heavy atom. The number of alkyl halides is 2. The van der Waals surface area contributed by atoms with Gasteiger partial charge in [-0.05, 0) is 32.1 Å². The van der Waals surface area contributed by atoms with Crippen LogP contribution in [0.25, 0.3) is 0 Å².